The molecule has 0 amide bonds. The zero-order valence-electron chi connectivity index (χ0n) is 10.8. The van der Waals surface area contributed by atoms with Gasteiger partial charge in [-0.05, 0) is 13.0 Å². The van der Waals surface area contributed by atoms with Crippen molar-refractivity contribution in [2.45, 2.75) is 13.0 Å². The number of aliphatic hydroxyl groups is 1. The molecule has 9 heteroatoms. The Balaban J connectivity index is 2.44. The van der Waals surface area contributed by atoms with Crippen molar-refractivity contribution in [1.29, 1.82) is 0 Å². The molecule has 0 spiro atoms. The van der Waals surface area contributed by atoms with Crippen LogP contribution in [-0.2, 0) is 0 Å². The molecule has 1 N–H and O–H groups in total. The second kappa shape index (κ2) is 5.85. The molecule has 0 unspecified atom stereocenters. The Hall–Kier alpha value is -2.52. The highest BCUT2D eigenvalue weighted by Crippen LogP contribution is 2.43. The van der Waals surface area contributed by atoms with E-state index in [9.17, 15) is 25.3 Å². The van der Waals surface area contributed by atoms with Crippen LogP contribution in [0.15, 0.2) is 30.3 Å². The minimum absolute atomic E-state index is 0.0930. The Kier molecular flexibility index (Phi) is 4.15. The summed E-state index contributed by atoms with van der Waals surface area (Å²) in [6, 6.07) is 6.78. The number of nitrogens with zero attached hydrogens (tertiary/aromatic N) is 2. The highest BCUT2D eigenvalue weighted by molar-refractivity contribution is 7.14. The molecule has 1 aromatic heterocycles. The van der Waals surface area contributed by atoms with E-state index in [0.717, 1.165) is 11.3 Å². The van der Waals surface area contributed by atoms with Gasteiger partial charge in [0.15, 0.2) is 0 Å². The fourth-order valence-electron chi connectivity index (χ4n) is 1.58. The molecule has 1 heterocycles. The maximum atomic E-state index is 11.0. The van der Waals surface area contributed by atoms with Gasteiger partial charge in [0.25, 0.3) is 5.06 Å². The van der Waals surface area contributed by atoms with E-state index in [-0.39, 0.29) is 22.2 Å². The van der Waals surface area contributed by atoms with Crippen molar-refractivity contribution in [3.63, 3.8) is 0 Å². The number of para-hydroxylation sites is 2. The molecule has 0 fully saturated rings. The minimum Gasteiger partial charge on any atom is -0.433 e. The number of benzene rings is 1. The highest BCUT2D eigenvalue weighted by Gasteiger charge is 2.25. The summed E-state index contributed by atoms with van der Waals surface area (Å²) in [7, 11) is 0. The van der Waals surface area contributed by atoms with Gasteiger partial charge in [-0.25, -0.2) is 0 Å². The molecule has 0 aliphatic heterocycles. The molecule has 0 saturated carbocycles. The summed E-state index contributed by atoms with van der Waals surface area (Å²) in [5.74, 6) is -0.0930. The molecule has 2 rings (SSSR count). The van der Waals surface area contributed by atoms with Crippen molar-refractivity contribution in [2.75, 3.05) is 0 Å². The van der Waals surface area contributed by atoms with Crippen molar-refractivity contribution in [3.05, 3.63) is 55.4 Å². The fraction of sp³-hybridized carbons (Fsp3) is 0.167. The second-order valence-electron chi connectivity index (χ2n) is 4.08. The summed E-state index contributed by atoms with van der Waals surface area (Å²) in [5, 5.41) is 31.3. The van der Waals surface area contributed by atoms with Crippen LogP contribution in [0.4, 0.5) is 11.4 Å². The van der Waals surface area contributed by atoms with Crippen molar-refractivity contribution >= 4 is 22.7 Å². The lowest BCUT2D eigenvalue weighted by molar-refractivity contribution is -0.387. The largest absolute Gasteiger partial charge is 0.433 e. The van der Waals surface area contributed by atoms with Crippen LogP contribution in [-0.4, -0.2) is 15.0 Å². The number of rotatable bonds is 5. The third-order valence-electron chi connectivity index (χ3n) is 2.57. The summed E-state index contributed by atoms with van der Waals surface area (Å²) in [6.07, 6.45) is -0.892. The molecule has 1 aromatic carbocycles. The van der Waals surface area contributed by atoms with Crippen LogP contribution in [0.3, 0.4) is 0 Å². The average molecular weight is 310 g/mol. The van der Waals surface area contributed by atoms with E-state index >= 15 is 0 Å². The molecule has 8 nitrogen and oxygen atoms in total. The van der Waals surface area contributed by atoms with Crippen LogP contribution in [0, 0.1) is 20.2 Å². The lowest BCUT2D eigenvalue weighted by Gasteiger charge is -2.03. The number of hydrogen-bond donors (Lipinski definition) is 1. The lowest BCUT2D eigenvalue weighted by Crippen LogP contribution is -1.94. The minimum atomic E-state index is -0.892. The number of nitro groups is 2. The van der Waals surface area contributed by atoms with E-state index in [2.05, 4.69) is 0 Å². The van der Waals surface area contributed by atoms with Crippen LogP contribution in [0.2, 0.25) is 0 Å². The third-order valence-corrected chi connectivity index (χ3v) is 3.74. The van der Waals surface area contributed by atoms with Gasteiger partial charge in [0.2, 0.25) is 5.75 Å². The van der Waals surface area contributed by atoms with E-state index in [1.165, 1.54) is 37.3 Å². The Bertz CT molecular complexity index is 697. The van der Waals surface area contributed by atoms with Crippen LogP contribution in [0.25, 0.3) is 0 Å². The van der Waals surface area contributed by atoms with E-state index < -0.39 is 16.0 Å². The SMILES string of the molecule is C[C@@H](O)c1cc([N+](=O)[O-])c(Oc2ccccc2[N+](=O)[O-])s1. The predicted octanol–water partition coefficient (Wildman–Crippen LogP) is 3.41. The monoisotopic (exact) mass is 310 g/mol. The maximum Gasteiger partial charge on any atom is 0.323 e. The van der Waals surface area contributed by atoms with Crippen LogP contribution >= 0.6 is 11.3 Å². The number of thiophene rings is 1. The molecule has 0 radical (unpaired) electrons. The summed E-state index contributed by atoms with van der Waals surface area (Å²) in [4.78, 5) is 20.9. The first-order chi connectivity index (χ1) is 9.90. The van der Waals surface area contributed by atoms with Gasteiger partial charge >= 0.3 is 11.4 Å². The summed E-state index contributed by atoms with van der Waals surface area (Å²) in [6.45, 7) is 1.46. The molecule has 21 heavy (non-hydrogen) atoms. The molecular formula is C12H10N2O6S. The number of aliphatic hydroxyl groups excluding tert-OH is 1. The van der Waals surface area contributed by atoms with Crippen molar-refractivity contribution < 1.29 is 19.7 Å². The fourth-order valence-corrected chi connectivity index (χ4v) is 2.51. The number of ether oxygens (including phenoxy) is 1. The lowest BCUT2D eigenvalue weighted by atomic mass is 10.3. The van der Waals surface area contributed by atoms with Gasteiger partial charge in [-0.1, -0.05) is 23.5 Å². The van der Waals surface area contributed by atoms with Gasteiger partial charge in [-0.2, -0.15) is 0 Å². The average Bonchev–Trinajstić information content (AvgIpc) is 2.83. The Morgan fingerprint density at radius 2 is 1.81 bits per heavy atom. The molecular weight excluding hydrogens is 300 g/mol. The van der Waals surface area contributed by atoms with Gasteiger partial charge < -0.3 is 9.84 Å². The first kappa shape index (κ1) is 14.9. The highest BCUT2D eigenvalue weighted by atomic mass is 32.1. The second-order valence-corrected chi connectivity index (χ2v) is 5.13. The zero-order chi connectivity index (χ0) is 15.6. The number of nitro benzene ring substituents is 1. The van der Waals surface area contributed by atoms with Crippen molar-refractivity contribution in [3.8, 4) is 10.8 Å². The quantitative estimate of drug-likeness (QED) is 0.668. The smallest absolute Gasteiger partial charge is 0.323 e. The Morgan fingerprint density at radius 1 is 1.19 bits per heavy atom. The molecule has 0 aliphatic rings. The van der Waals surface area contributed by atoms with Gasteiger partial charge in [0.05, 0.1) is 16.0 Å². The number of hydrogen-bond acceptors (Lipinski definition) is 7. The molecule has 0 bridgehead atoms. The normalized spacial score (nSPS) is 11.9. The third kappa shape index (κ3) is 3.15. The van der Waals surface area contributed by atoms with E-state index in [4.69, 9.17) is 4.74 Å². The Labute approximate surface area is 122 Å². The topological polar surface area (TPSA) is 116 Å². The van der Waals surface area contributed by atoms with E-state index in [1.54, 1.807) is 0 Å². The molecule has 0 saturated heterocycles. The summed E-state index contributed by atoms with van der Waals surface area (Å²) in [5.41, 5.74) is -0.632. The first-order valence-electron chi connectivity index (χ1n) is 5.77. The van der Waals surface area contributed by atoms with Crippen LogP contribution in [0.1, 0.15) is 17.9 Å². The molecule has 1 atom stereocenters. The molecule has 0 aliphatic carbocycles. The van der Waals surface area contributed by atoms with Gasteiger partial charge in [-0.15, -0.1) is 0 Å². The Morgan fingerprint density at radius 3 is 2.38 bits per heavy atom. The van der Waals surface area contributed by atoms with E-state index in [0.29, 0.717) is 4.88 Å². The van der Waals surface area contributed by atoms with Crippen LogP contribution in [0.5, 0.6) is 10.8 Å². The van der Waals surface area contributed by atoms with Gasteiger partial charge in [0, 0.05) is 17.0 Å². The summed E-state index contributed by atoms with van der Waals surface area (Å²) >= 11 is 0.875. The standard InChI is InChI=1S/C12H10N2O6S/c1-7(15)11-6-9(14(18)19)12(21-11)20-10-5-3-2-4-8(10)13(16)17/h2-7,15H,1H3/t7-/m1/s1. The maximum absolute atomic E-state index is 11.0. The first-order valence-corrected chi connectivity index (χ1v) is 6.59. The summed E-state index contributed by atoms with van der Waals surface area (Å²) < 4.78 is 5.32. The van der Waals surface area contributed by atoms with E-state index in [1.807, 2.05) is 0 Å². The molecule has 2 aromatic rings. The van der Waals surface area contributed by atoms with Gasteiger partial charge in [-0.3, -0.25) is 20.2 Å². The van der Waals surface area contributed by atoms with Crippen molar-refractivity contribution in [2.24, 2.45) is 0 Å². The van der Waals surface area contributed by atoms with Gasteiger partial charge in [0.1, 0.15) is 0 Å². The predicted molar refractivity (Wildman–Crippen MR) is 74.8 cm³/mol. The molecule has 110 valence electrons. The zero-order valence-corrected chi connectivity index (χ0v) is 11.6. The van der Waals surface area contributed by atoms with Crippen LogP contribution < -0.4 is 4.74 Å². The van der Waals surface area contributed by atoms with Crippen molar-refractivity contribution in [1.82, 2.24) is 0 Å².